The normalized spacial score (nSPS) is 17.3. The van der Waals surface area contributed by atoms with Crippen molar-refractivity contribution in [1.82, 2.24) is 29.7 Å². The number of nitrogens with zero attached hydrogens (tertiary/aromatic N) is 6. The molecule has 4 heterocycles. The molecule has 170 valence electrons. The van der Waals surface area contributed by atoms with Crippen LogP contribution in [-0.4, -0.2) is 79.6 Å². The lowest BCUT2D eigenvalue weighted by molar-refractivity contribution is 0.0811. The third-order valence-corrected chi connectivity index (χ3v) is 6.31. The number of pyridine rings is 1. The maximum atomic E-state index is 12.9. The largest absolute Gasteiger partial charge is 0.390 e. The van der Waals surface area contributed by atoms with Gasteiger partial charge in [0.25, 0.3) is 0 Å². The Bertz CT molecular complexity index is 1090. The number of carbonyl (C=O) groups excluding carboxylic acids is 1. The fourth-order valence-corrected chi connectivity index (χ4v) is 4.56. The Kier molecular flexibility index (Phi) is 6.28. The highest BCUT2D eigenvalue weighted by Crippen LogP contribution is 2.20. The molecule has 5 rings (SSSR count). The first-order valence-corrected chi connectivity index (χ1v) is 11.4. The van der Waals surface area contributed by atoms with Gasteiger partial charge in [-0.1, -0.05) is 24.3 Å². The van der Waals surface area contributed by atoms with Crippen molar-refractivity contribution in [1.29, 1.82) is 0 Å². The molecule has 8 heteroatoms. The number of aliphatic hydroxyl groups is 1. The monoisotopic (exact) mass is 444 g/mol. The second-order valence-electron chi connectivity index (χ2n) is 8.69. The number of aliphatic hydroxyl groups excluding tert-OH is 1. The molecule has 2 aliphatic rings. The van der Waals surface area contributed by atoms with Gasteiger partial charge in [0.05, 0.1) is 36.4 Å². The first kappa shape index (κ1) is 21.5. The second-order valence-corrected chi connectivity index (χ2v) is 8.69. The minimum atomic E-state index is -0.572. The highest BCUT2D eigenvalue weighted by Gasteiger charge is 2.30. The van der Waals surface area contributed by atoms with Crippen molar-refractivity contribution in [2.45, 2.75) is 25.6 Å². The number of carbonyl (C=O) groups is 1. The van der Waals surface area contributed by atoms with Gasteiger partial charge < -0.3 is 14.9 Å². The standard InChI is InChI=1S/C25H28N6O2/c32-23(17-29-9-7-19-4-1-2-5-21(19)15-29)18-31-11-10-30(25(31)33)16-22-13-28-24(14-27-22)20-6-3-8-26-12-20/h1-6,8,12-14,23,32H,7,9-11,15-18H2. The van der Waals surface area contributed by atoms with Crippen molar-refractivity contribution in [3.05, 3.63) is 78.0 Å². The quantitative estimate of drug-likeness (QED) is 0.601. The van der Waals surface area contributed by atoms with Gasteiger partial charge in [-0.2, -0.15) is 0 Å². The zero-order valence-electron chi connectivity index (χ0n) is 18.5. The van der Waals surface area contributed by atoms with Crippen LogP contribution in [0.5, 0.6) is 0 Å². The van der Waals surface area contributed by atoms with Crippen molar-refractivity contribution >= 4 is 6.03 Å². The first-order valence-electron chi connectivity index (χ1n) is 11.4. The summed E-state index contributed by atoms with van der Waals surface area (Å²) in [6.07, 6.45) is 7.32. The van der Waals surface area contributed by atoms with Crippen LogP contribution < -0.4 is 0 Å². The van der Waals surface area contributed by atoms with Crippen LogP contribution in [-0.2, 0) is 19.5 Å². The number of amides is 2. The van der Waals surface area contributed by atoms with Crippen molar-refractivity contribution in [3.63, 3.8) is 0 Å². The molecular formula is C25H28N6O2. The Labute approximate surface area is 193 Å². The van der Waals surface area contributed by atoms with Gasteiger partial charge >= 0.3 is 6.03 Å². The van der Waals surface area contributed by atoms with Gasteiger partial charge in [0.15, 0.2) is 0 Å². The Balaban J connectivity index is 1.12. The summed E-state index contributed by atoms with van der Waals surface area (Å²) in [4.78, 5) is 31.7. The average molecular weight is 445 g/mol. The number of hydrogen-bond donors (Lipinski definition) is 1. The van der Waals surface area contributed by atoms with E-state index in [0.717, 1.165) is 36.5 Å². The zero-order valence-corrected chi connectivity index (χ0v) is 18.5. The van der Waals surface area contributed by atoms with E-state index in [9.17, 15) is 9.90 Å². The Morgan fingerprint density at radius 3 is 2.55 bits per heavy atom. The predicted molar refractivity (Wildman–Crippen MR) is 124 cm³/mol. The van der Waals surface area contributed by atoms with Crippen LogP contribution in [0.1, 0.15) is 16.8 Å². The van der Waals surface area contributed by atoms with E-state index in [2.05, 4.69) is 44.1 Å². The molecule has 2 aliphatic heterocycles. The van der Waals surface area contributed by atoms with Crippen LogP contribution >= 0.6 is 0 Å². The molecule has 0 aliphatic carbocycles. The van der Waals surface area contributed by atoms with E-state index in [-0.39, 0.29) is 6.03 Å². The van der Waals surface area contributed by atoms with Crippen LogP contribution in [0.25, 0.3) is 11.3 Å². The van der Waals surface area contributed by atoms with Crippen molar-refractivity contribution in [2.24, 2.45) is 0 Å². The number of fused-ring (bicyclic) bond motifs is 1. The molecule has 1 atom stereocenters. The Hall–Kier alpha value is -3.36. The molecule has 33 heavy (non-hydrogen) atoms. The summed E-state index contributed by atoms with van der Waals surface area (Å²) in [5.41, 5.74) is 5.13. The van der Waals surface area contributed by atoms with Crippen molar-refractivity contribution < 1.29 is 9.90 Å². The van der Waals surface area contributed by atoms with Gasteiger partial charge in [0, 0.05) is 57.2 Å². The van der Waals surface area contributed by atoms with Gasteiger partial charge in [-0.05, 0) is 29.7 Å². The highest BCUT2D eigenvalue weighted by molar-refractivity contribution is 5.76. The number of aromatic nitrogens is 3. The maximum Gasteiger partial charge on any atom is 0.320 e. The molecule has 1 aromatic carbocycles. The minimum absolute atomic E-state index is 0.0591. The molecule has 0 spiro atoms. The topological polar surface area (TPSA) is 85.7 Å². The molecule has 1 unspecified atom stereocenters. The van der Waals surface area contributed by atoms with E-state index >= 15 is 0 Å². The average Bonchev–Trinajstić information content (AvgIpc) is 3.18. The van der Waals surface area contributed by atoms with Crippen molar-refractivity contribution in [3.8, 4) is 11.3 Å². The number of β-amino-alcohol motifs (C(OH)–C–C–N with tert-alkyl or cyclic N) is 1. The SMILES string of the molecule is O=C1N(Cc2cnc(-c3cccnc3)cn2)CCN1CC(O)CN1CCc2ccccc2C1. The molecule has 1 fully saturated rings. The number of hydrogen-bond acceptors (Lipinski definition) is 6. The van der Waals surface area contributed by atoms with E-state index in [1.165, 1.54) is 11.1 Å². The van der Waals surface area contributed by atoms with Gasteiger partial charge in [-0.25, -0.2) is 4.79 Å². The lowest BCUT2D eigenvalue weighted by Crippen LogP contribution is -2.43. The van der Waals surface area contributed by atoms with Crippen LogP contribution in [0.3, 0.4) is 0 Å². The molecule has 3 aromatic rings. The van der Waals surface area contributed by atoms with E-state index in [1.54, 1.807) is 34.6 Å². The van der Waals surface area contributed by atoms with E-state index in [1.807, 2.05) is 12.1 Å². The van der Waals surface area contributed by atoms with Gasteiger partial charge in [-0.3, -0.25) is 19.9 Å². The molecular weight excluding hydrogens is 416 g/mol. The molecule has 0 bridgehead atoms. The molecule has 1 N–H and O–H groups in total. The maximum absolute atomic E-state index is 12.9. The molecule has 2 aromatic heterocycles. The molecule has 1 saturated heterocycles. The summed E-state index contributed by atoms with van der Waals surface area (Å²) < 4.78 is 0. The highest BCUT2D eigenvalue weighted by atomic mass is 16.3. The van der Waals surface area contributed by atoms with Gasteiger partial charge in [0.2, 0.25) is 0 Å². The number of rotatable bonds is 7. The van der Waals surface area contributed by atoms with Gasteiger partial charge in [-0.15, -0.1) is 0 Å². The third-order valence-electron chi connectivity index (χ3n) is 6.31. The summed E-state index contributed by atoms with van der Waals surface area (Å²) >= 11 is 0. The first-order chi connectivity index (χ1) is 16.2. The third kappa shape index (κ3) is 5.02. The molecule has 8 nitrogen and oxygen atoms in total. The molecule has 0 radical (unpaired) electrons. The summed E-state index contributed by atoms with van der Waals surface area (Å²) in [6.45, 7) is 4.34. The van der Waals surface area contributed by atoms with Crippen LogP contribution in [0.4, 0.5) is 4.79 Å². The fraction of sp³-hybridized carbons (Fsp3) is 0.360. The van der Waals surface area contributed by atoms with Crippen molar-refractivity contribution in [2.75, 3.05) is 32.7 Å². The molecule has 0 saturated carbocycles. The zero-order chi connectivity index (χ0) is 22.6. The lowest BCUT2D eigenvalue weighted by Gasteiger charge is -2.31. The van der Waals surface area contributed by atoms with Crippen LogP contribution in [0.2, 0.25) is 0 Å². The summed E-state index contributed by atoms with van der Waals surface area (Å²) in [6, 6.07) is 12.2. The van der Waals surface area contributed by atoms with Gasteiger partial charge in [0.1, 0.15) is 0 Å². The van der Waals surface area contributed by atoms with E-state index in [0.29, 0.717) is 32.7 Å². The smallest absolute Gasteiger partial charge is 0.320 e. The lowest BCUT2D eigenvalue weighted by atomic mass is 10.00. The van der Waals surface area contributed by atoms with Crippen LogP contribution in [0, 0.1) is 0 Å². The molecule has 2 amide bonds. The fourth-order valence-electron chi connectivity index (χ4n) is 4.56. The van der Waals surface area contributed by atoms with E-state index in [4.69, 9.17) is 0 Å². The van der Waals surface area contributed by atoms with E-state index < -0.39 is 6.10 Å². The Morgan fingerprint density at radius 1 is 0.909 bits per heavy atom. The second kappa shape index (κ2) is 9.64. The summed E-state index contributed by atoms with van der Waals surface area (Å²) in [7, 11) is 0. The van der Waals surface area contributed by atoms with Crippen LogP contribution in [0.15, 0.2) is 61.2 Å². The number of urea groups is 1. The summed E-state index contributed by atoms with van der Waals surface area (Å²) in [5, 5.41) is 10.7. The minimum Gasteiger partial charge on any atom is -0.390 e. The Morgan fingerprint density at radius 2 is 1.76 bits per heavy atom. The summed E-state index contributed by atoms with van der Waals surface area (Å²) in [5.74, 6) is 0. The predicted octanol–water partition coefficient (Wildman–Crippen LogP) is 2.20. The number of benzene rings is 1.